The van der Waals surface area contributed by atoms with Crippen LogP contribution in [0.15, 0.2) is 53.6 Å². The summed E-state index contributed by atoms with van der Waals surface area (Å²) in [5.41, 5.74) is -4.15. The summed E-state index contributed by atoms with van der Waals surface area (Å²) in [4.78, 5) is 20.1. The number of non-ortho nitro benzene ring substituents is 2. The number of anilines is 1. The van der Waals surface area contributed by atoms with Gasteiger partial charge in [-0.25, -0.2) is 5.01 Å². The highest BCUT2D eigenvalue weighted by atomic mass is 19.4. The van der Waals surface area contributed by atoms with Gasteiger partial charge in [-0.1, -0.05) is 0 Å². The molecule has 0 fully saturated rings. The minimum atomic E-state index is -5.10. The van der Waals surface area contributed by atoms with E-state index >= 15 is 0 Å². The second-order valence-corrected chi connectivity index (χ2v) is 5.93. The average Bonchev–Trinajstić information content (AvgIpc) is 3.01. The first-order valence-corrected chi connectivity index (χ1v) is 7.69. The van der Waals surface area contributed by atoms with E-state index in [1.165, 1.54) is 12.1 Å². The summed E-state index contributed by atoms with van der Waals surface area (Å²) < 4.78 is 40.8. The Morgan fingerprint density at radius 3 is 1.86 bits per heavy atom. The van der Waals surface area contributed by atoms with Crippen LogP contribution in [0.25, 0.3) is 0 Å². The third-order valence-corrected chi connectivity index (χ3v) is 4.16. The number of alkyl halides is 3. The van der Waals surface area contributed by atoms with E-state index in [0.29, 0.717) is 5.01 Å². The highest BCUT2D eigenvalue weighted by Gasteiger charge is 2.62. The minimum absolute atomic E-state index is 0.145. The second-order valence-electron chi connectivity index (χ2n) is 5.93. The number of nitro benzene ring substituents is 2. The molecule has 1 N–H and O–H groups in total. The Bertz CT molecular complexity index is 960. The number of nitro groups is 2. The van der Waals surface area contributed by atoms with Crippen molar-refractivity contribution in [3.8, 4) is 0 Å². The molecule has 0 aliphatic carbocycles. The molecule has 0 spiro atoms. The van der Waals surface area contributed by atoms with E-state index in [0.717, 1.165) is 36.4 Å². The van der Waals surface area contributed by atoms with Gasteiger partial charge in [0, 0.05) is 24.3 Å². The van der Waals surface area contributed by atoms with Crippen LogP contribution in [0.5, 0.6) is 0 Å². The van der Waals surface area contributed by atoms with Crippen LogP contribution in [0, 0.1) is 20.2 Å². The third-order valence-electron chi connectivity index (χ3n) is 4.16. The maximum atomic E-state index is 13.6. The quantitative estimate of drug-likeness (QED) is 0.625. The van der Waals surface area contributed by atoms with Gasteiger partial charge in [-0.3, -0.25) is 20.2 Å². The van der Waals surface area contributed by atoms with Crippen molar-refractivity contribution in [3.05, 3.63) is 74.3 Å². The van der Waals surface area contributed by atoms with Crippen LogP contribution in [0.3, 0.4) is 0 Å². The van der Waals surface area contributed by atoms with Crippen LogP contribution in [0.1, 0.15) is 12.0 Å². The monoisotopic (exact) mass is 396 g/mol. The molecule has 9 nitrogen and oxygen atoms in total. The first-order chi connectivity index (χ1) is 13.0. The van der Waals surface area contributed by atoms with E-state index in [2.05, 4.69) is 5.10 Å². The predicted octanol–water partition coefficient (Wildman–Crippen LogP) is 3.37. The predicted molar refractivity (Wildman–Crippen MR) is 90.8 cm³/mol. The van der Waals surface area contributed by atoms with E-state index in [9.17, 15) is 38.5 Å². The van der Waals surface area contributed by atoms with Crippen molar-refractivity contribution in [2.45, 2.75) is 18.3 Å². The van der Waals surface area contributed by atoms with Gasteiger partial charge in [-0.15, -0.1) is 0 Å². The van der Waals surface area contributed by atoms with Crippen molar-refractivity contribution < 1.29 is 28.1 Å². The minimum Gasteiger partial charge on any atom is -0.362 e. The van der Waals surface area contributed by atoms with E-state index in [1.54, 1.807) is 0 Å². The molecule has 0 radical (unpaired) electrons. The van der Waals surface area contributed by atoms with Crippen LogP contribution in [0.4, 0.5) is 30.2 Å². The Kier molecular flexibility index (Phi) is 4.51. The van der Waals surface area contributed by atoms with Crippen molar-refractivity contribution in [1.29, 1.82) is 0 Å². The maximum Gasteiger partial charge on any atom is 0.438 e. The summed E-state index contributed by atoms with van der Waals surface area (Å²) >= 11 is 0. The number of rotatable bonds is 4. The highest BCUT2D eigenvalue weighted by Crippen LogP contribution is 2.43. The average molecular weight is 396 g/mol. The van der Waals surface area contributed by atoms with Crippen LogP contribution in [0.2, 0.25) is 0 Å². The lowest BCUT2D eigenvalue weighted by Crippen LogP contribution is -2.55. The molecule has 0 aromatic heterocycles. The molecule has 1 atom stereocenters. The van der Waals surface area contributed by atoms with E-state index < -0.39 is 28.2 Å². The zero-order valence-corrected chi connectivity index (χ0v) is 13.8. The molecule has 1 heterocycles. The van der Waals surface area contributed by atoms with E-state index in [-0.39, 0.29) is 28.3 Å². The van der Waals surface area contributed by atoms with Crippen molar-refractivity contribution in [3.63, 3.8) is 0 Å². The van der Waals surface area contributed by atoms with Gasteiger partial charge < -0.3 is 5.11 Å². The molecule has 1 aliphatic rings. The van der Waals surface area contributed by atoms with Crippen molar-refractivity contribution >= 4 is 22.8 Å². The largest absolute Gasteiger partial charge is 0.438 e. The van der Waals surface area contributed by atoms with Crippen molar-refractivity contribution in [2.75, 3.05) is 5.01 Å². The Morgan fingerprint density at radius 2 is 1.43 bits per heavy atom. The molecule has 0 saturated carbocycles. The van der Waals surface area contributed by atoms with Crippen molar-refractivity contribution in [1.82, 2.24) is 0 Å². The van der Waals surface area contributed by atoms with Gasteiger partial charge in [0.05, 0.1) is 27.7 Å². The summed E-state index contributed by atoms with van der Waals surface area (Å²) in [5.74, 6) is 0. The fourth-order valence-electron chi connectivity index (χ4n) is 2.69. The number of benzene rings is 2. The van der Waals surface area contributed by atoms with Gasteiger partial charge in [0.25, 0.3) is 17.1 Å². The molecule has 1 aliphatic heterocycles. The normalized spacial score (nSPS) is 19.4. The smallest absolute Gasteiger partial charge is 0.362 e. The SMILES string of the molecule is O=[N+]([O-])c1ccc(C2=NN(c3ccc([N+](=O)[O-])cc3)C(O)(C(F)(F)F)C2)cc1. The van der Waals surface area contributed by atoms with E-state index in [4.69, 9.17) is 0 Å². The van der Waals surface area contributed by atoms with Crippen molar-refractivity contribution in [2.24, 2.45) is 5.10 Å². The van der Waals surface area contributed by atoms with Gasteiger partial charge in [0.2, 0.25) is 0 Å². The molecule has 0 saturated heterocycles. The summed E-state index contributed by atoms with van der Waals surface area (Å²) in [6.07, 6.45) is -6.02. The molecule has 1 unspecified atom stereocenters. The Labute approximate surface area is 154 Å². The fraction of sp³-hybridized carbons (Fsp3) is 0.188. The fourth-order valence-corrected chi connectivity index (χ4v) is 2.69. The molecule has 3 rings (SSSR count). The number of nitrogens with zero attached hydrogens (tertiary/aromatic N) is 4. The van der Waals surface area contributed by atoms with E-state index in [1.807, 2.05) is 0 Å². The zero-order chi connectivity index (χ0) is 20.7. The summed E-state index contributed by atoms with van der Waals surface area (Å²) in [5, 5.41) is 35.9. The van der Waals surface area contributed by atoms with Crippen LogP contribution >= 0.6 is 0 Å². The Balaban J connectivity index is 2.03. The highest BCUT2D eigenvalue weighted by molar-refractivity contribution is 6.03. The first kappa shape index (κ1) is 19.2. The number of hydrogen-bond acceptors (Lipinski definition) is 7. The molecule has 0 amide bonds. The summed E-state index contributed by atoms with van der Waals surface area (Å²) in [6.45, 7) is 0. The number of hydrazone groups is 1. The molecular weight excluding hydrogens is 385 g/mol. The molecule has 2 aromatic rings. The zero-order valence-electron chi connectivity index (χ0n) is 13.8. The molecule has 12 heteroatoms. The number of halogens is 3. The molecule has 28 heavy (non-hydrogen) atoms. The van der Waals surface area contributed by atoms with Crippen LogP contribution in [-0.2, 0) is 0 Å². The third kappa shape index (κ3) is 3.24. The molecule has 2 aromatic carbocycles. The summed E-state index contributed by atoms with van der Waals surface area (Å²) in [7, 11) is 0. The van der Waals surface area contributed by atoms with Gasteiger partial charge in [0.15, 0.2) is 0 Å². The van der Waals surface area contributed by atoms with Gasteiger partial charge >= 0.3 is 6.18 Å². The number of hydrogen-bond donors (Lipinski definition) is 1. The number of aliphatic hydroxyl groups is 1. The lowest BCUT2D eigenvalue weighted by Gasteiger charge is -2.33. The molecular formula is C16H11F3N4O5. The maximum absolute atomic E-state index is 13.6. The van der Waals surface area contributed by atoms with Gasteiger partial charge in [-0.05, 0) is 29.8 Å². The van der Waals surface area contributed by atoms with Gasteiger partial charge in [-0.2, -0.15) is 18.3 Å². The van der Waals surface area contributed by atoms with Crippen LogP contribution < -0.4 is 5.01 Å². The second kappa shape index (κ2) is 6.56. The van der Waals surface area contributed by atoms with Crippen LogP contribution in [-0.4, -0.2) is 32.6 Å². The molecule has 146 valence electrons. The Hall–Kier alpha value is -3.54. The standard InChI is InChI=1S/C16H11F3N4O5/c17-16(18,19)15(24)9-14(10-1-3-12(4-2-10)22(25)26)20-21(15)11-5-7-13(8-6-11)23(27)28/h1-8,24H,9H2. The van der Waals surface area contributed by atoms with Gasteiger partial charge in [0.1, 0.15) is 0 Å². The molecule has 0 bridgehead atoms. The Morgan fingerprint density at radius 1 is 0.964 bits per heavy atom. The summed E-state index contributed by atoms with van der Waals surface area (Å²) in [6, 6.07) is 8.74. The lowest BCUT2D eigenvalue weighted by atomic mass is 10.0. The lowest BCUT2D eigenvalue weighted by molar-refractivity contribution is -0.385. The first-order valence-electron chi connectivity index (χ1n) is 7.69. The topological polar surface area (TPSA) is 122 Å².